The highest BCUT2D eigenvalue weighted by atomic mass is 16.5. The lowest BCUT2D eigenvalue weighted by atomic mass is 9.95. The molecule has 2 aliphatic rings. The first kappa shape index (κ1) is 16.2. The van der Waals surface area contributed by atoms with E-state index in [0.29, 0.717) is 26.2 Å². The average Bonchev–Trinajstić information content (AvgIpc) is 3.01. The Morgan fingerprint density at radius 2 is 1.81 bits per heavy atom. The number of piperidine rings is 1. The molecule has 2 heterocycles. The van der Waals surface area contributed by atoms with Crippen molar-refractivity contribution in [3.63, 3.8) is 0 Å². The molecule has 2 rings (SSSR count). The molecule has 2 amide bonds. The van der Waals surface area contributed by atoms with Crippen LogP contribution < -0.4 is 0 Å². The van der Waals surface area contributed by atoms with Gasteiger partial charge in [-0.1, -0.05) is 0 Å². The molecule has 1 atom stereocenters. The molecule has 0 bridgehead atoms. The number of hydrogen-bond acceptors (Lipinski definition) is 4. The maximum absolute atomic E-state index is 12.4. The van der Waals surface area contributed by atoms with Gasteiger partial charge in [0.05, 0.1) is 0 Å². The molecule has 2 fully saturated rings. The van der Waals surface area contributed by atoms with Gasteiger partial charge in [0.2, 0.25) is 11.8 Å². The Bertz CT molecular complexity index is 367. The molecule has 0 spiro atoms. The summed E-state index contributed by atoms with van der Waals surface area (Å²) in [5.74, 6) is 0.479. The minimum absolute atomic E-state index is 0.0178. The second-order valence-corrected chi connectivity index (χ2v) is 5.91. The van der Waals surface area contributed by atoms with Gasteiger partial charge in [0.15, 0.2) is 0 Å². The number of ether oxygens (including phenoxy) is 1. The van der Waals surface area contributed by atoms with E-state index in [1.165, 1.54) is 0 Å². The number of hydrogen-bond donors (Lipinski definition) is 1. The van der Waals surface area contributed by atoms with Crippen LogP contribution in [-0.2, 0) is 14.3 Å². The van der Waals surface area contributed by atoms with E-state index in [4.69, 9.17) is 9.84 Å². The molecule has 1 N–H and O–H groups in total. The van der Waals surface area contributed by atoms with Crippen molar-refractivity contribution in [1.82, 2.24) is 9.80 Å². The summed E-state index contributed by atoms with van der Waals surface area (Å²) >= 11 is 0. The van der Waals surface area contributed by atoms with Crippen molar-refractivity contribution >= 4 is 11.8 Å². The Labute approximate surface area is 126 Å². The molecular formula is C15H26N2O4. The summed E-state index contributed by atoms with van der Waals surface area (Å²) in [6.45, 7) is 5.43. The lowest BCUT2D eigenvalue weighted by Gasteiger charge is -2.33. The highest BCUT2D eigenvalue weighted by Crippen LogP contribution is 2.24. The number of rotatable bonds is 5. The highest BCUT2D eigenvalue weighted by Gasteiger charge is 2.33. The van der Waals surface area contributed by atoms with E-state index >= 15 is 0 Å². The molecule has 0 radical (unpaired) electrons. The van der Waals surface area contributed by atoms with Gasteiger partial charge in [-0.05, 0) is 26.2 Å². The summed E-state index contributed by atoms with van der Waals surface area (Å²) in [7, 11) is 0. The molecular weight excluding hydrogens is 272 g/mol. The minimum Gasteiger partial charge on any atom is -0.396 e. The second-order valence-electron chi connectivity index (χ2n) is 5.91. The van der Waals surface area contributed by atoms with Gasteiger partial charge in [-0.15, -0.1) is 0 Å². The van der Waals surface area contributed by atoms with Crippen molar-refractivity contribution in [2.24, 2.45) is 11.8 Å². The maximum Gasteiger partial charge on any atom is 0.248 e. The quantitative estimate of drug-likeness (QED) is 0.782. The van der Waals surface area contributed by atoms with Crippen LogP contribution in [0.2, 0.25) is 0 Å². The predicted molar refractivity (Wildman–Crippen MR) is 77.6 cm³/mol. The maximum atomic E-state index is 12.4. The Morgan fingerprint density at radius 3 is 2.38 bits per heavy atom. The van der Waals surface area contributed by atoms with Crippen LogP contribution in [0.25, 0.3) is 0 Å². The molecule has 0 unspecified atom stereocenters. The first-order valence-electron chi connectivity index (χ1n) is 7.90. The third-order valence-corrected chi connectivity index (χ3v) is 4.48. The topological polar surface area (TPSA) is 70.1 Å². The third kappa shape index (κ3) is 4.17. The molecule has 0 aliphatic carbocycles. The molecule has 6 heteroatoms. The molecule has 0 aromatic carbocycles. The summed E-state index contributed by atoms with van der Waals surface area (Å²) in [5.41, 5.74) is 0. The van der Waals surface area contributed by atoms with Gasteiger partial charge in [0, 0.05) is 51.2 Å². The van der Waals surface area contributed by atoms with Crippen molar-refractivity contribution in [3.05, 3.63) is 0 Å². The van der Waals surface area contributed by atoms with Crippen LogP contribution in [0.4, 0.5) is 0 Å². The molecule has 0 aromatic heterocycles. The van der Waals surface area contributed by atoms with E-state index in [1.54, 1.807) is 4.90 Å². The zero-order valence-corrected chi connectivity index (χ0v) is 12.8. The first-order chi connectivity index (χ1) is 10.2. The van der Waals surface area contributed by atoms with Crippen LogP contribution in [-0.4, -0.2) is 72.7 Å². The summed E-state index contributed by atoms with van der Waals surface area (Å²) in [6.07, 6.45) is 2.36. The van der Waals surface area contributed by atoms with Crippen LogP contribution in [0, 0.1) is 11.8 Å². The van der Waals surface area contributed by atoms with E-state index in [2.05, 4.69) is 0 Å². The number of carbonyl (C=O) groups is 2. The Balaban J connectivity index is 1.76. The normalized spacial score (nSPS) is 23.6. The van der Waals surface area contributed by atoms with Crippen molar-refractivity contribution in [2.45, 2.75) is 26.2 Å². The van der Waals surface area contributed by atoms with Crippen LogP contribution in [0.15, 0.2) is 0 Å². The van der Waals surface area contributed by atoms with E-state index in [1.807, 2.05) is 11.8 Å². The number of likely N-dealkylation sites (tertiary alicyclic amines) is 2. The minimum atomic E-state index is 0.0178. The molecule has 21 heavy (non-hydrogen) atoms. The highest BCUT2D eigenvalue weighted by molar-refractivity contribution is 5.80. The average molecular weight is 298 g/mol. The van der Waals surface area contributed by atoms with Gasteiger partial charge in [-0.25, -0.2) is 0 Å². The lowest BCUT2D eigenvalue weighted by Crippen LogP contribution is -2.45. The van der Waals surface area contributed by atoms with E-state index in [-0.39, 0.29) is 36.9 Å². The smallest absolute Gasteiger partial charge is 0.248 e. The number of aliphatic hydroxyl groups is 1. The zero-order valence-electron chi connectivity index (χ0n) is 12.8. The Hall–Kier alpha value is -1.14. The van der Waals surface area contributed by atoms with Crippen LogP contribution >= 0.6 is 0 Å². The Morgan fingerprint density at radius 1 is 1.14 bits per heavy atom. The van der Waals surface area contributed by atoms with Gasteiger partial charge in [-0.2, -0.15) is 0 Å². The van der Waals surface area contributed by atoms with Gasteiger partial charge in [-0.3, -0.25) is 9.59 Å². The van der Waals surface area contributed by atoms with Crippen molar-refractivity contribution < 1.29 is 19.4 Å². The summed E-state index contributed by atoms with van der Waals surface area (Å²) in [6, 6.07) is 0. The fraction of sp³-hybridized carbons (Fsp3) is 0.867. The van der Waals surface area contributed by atoms with Gasteiger partial charge >= 0.3 is 0 Å². The molecule has 2 aliphatic heterocycles. The molecule has 6 nitrogen and oxygen atoms in total. The van der Waals surface area contributed by atoms with Gasteiger partial charge in [0.1, 0.15) is 6.61 Å². The van der Waals surface area contributed by atoms with E-state index in [0.717, 1.165) is 25.8 Å². The zero-order chi connectivity index (χ0) is 15.2. The fourth-order valence-electron chi connectivity index (χ4n) is 3.10. The Kier molecular flexibility index (Phi) is 5.99. The van der Waals surface area contributed by atoms with Crippen molar-refractivity contribution in [1.29, 1.82) is 0 Å². The van der Waals surface area contributed by atoms with E-state index < -0.39 is 0 Å². The van der Waals surface area contributed by atoms with E-state index in [9.17, 15) is 9.59 Å². The second kappa shape index (κ2) is 7.75. The predicted octanol–water partition coefficient (Wildman–Crippen LogP) is 0.102. The number of amides is 2. The summed E-state index contributed by atoms with van der Waals surface area (Å²) in [5, 5.41) is 9.15. The first-order valence-corrected chi connectivity index (χ1v) is 7.90. The SMILES string of the molecule is CCOCC(=O)N1CCC(C(=O)N2CC[C@@H](CO)C2)CC1. The van der Waals surface area contributed by atoms with Crippen molar-refractivity contribution in [3.8, 4) is 0 Å². The van der Waals surface area contributed by atoms with Gasteiger partial charge < -0.3 is 19.6 Å². The van der Waals surface area contributed by atoms with Crippen LogP contribution in [0.5, 0.6) is 0 Å². The number of nitrogens with zero attached hydrogens (tertiary/aromatic N) is 2. The molecule has 2 saturated heterocycles. The number of aliphatic hydroxyl groups excluding tert-OH is 1. The summed E-state index contributed by atoms with van der Waals surface area (Å²) in [4.78, 5) is 27.9. The summed E-state index contributed by atoms with van der Waals surface area (Å²) < 4.78 is 5.14. The lowest BCUT2D eigenvalue weighted by molar-refractivity contribution is -0.142. The van der Waals surface area contributed by atoms with Gasteiger partial charge in [0.25, 0.3) is 0 Å². The van der Waals surface area contributed by atoms with Crippen LogP contribution in [0.1, 0.15) is 26.2 Å². The standard InChI is InChI=1S/C15H26N2O4/c1-2-21-11-14(19)16-7-4-13(5-8-16)15(20)17-6-3-12(9-17)10-18/h12-13,18H,2-11H2,1H3/t12-/m1/s1. The van der Waals surface area contributed by atoms with Crippen molar-refractivity contribution in [2.75, 3.05) is 46.0 Å². The molecule has 0 saturated carbocycles. The van der Waals surface area contributed by atoms with Crippen LogP contribution in [0.3, 0.4) is 0 Å². The molecule has 0 aromatic rings. The number of carbonyl (C=O) groups excluding carboxylic acids is 2. The fourth-order valence-corrected chi connectivity index (χ4v) is 3.10. The largest absolute Gasteiger partial charge is 0.396 e. The molecule has 120 valence electrons. The monoisotopic (exact) mass is 298 g/mol. The third-order valence-electron chi connectivity index (χ3n) is 4.48.